The molecular formula is C9H14N2OS2. The van der Waals surface area contributed by atoms with E-state index in [4.69, 9.17) is 0 Å². The first-order valence-electron chi connectivity index (χ1n) is 4.41. The van der Waals surface area contributed by atoms with Crippen LogP contribution in [0.4, 0.5) is 5.13 Å². The van der Waals surface area contributed by atoms with Crippen molar-refractivity contribution in [2.24, 2.45) is 0 Å². The molecule has 0 bridgehead atoms. The van der Waals surface area contributed by atoms with Crippen LogP contribution in [0.5, 0.6) is 0 Å². The van der Waals surface area contributed by atoms with E-state index in [1.54, 1.807) is 0 Å². The summed E-state index contributed by atoms with van der Waals surface area (Å²) in [5, 5.41) is 5.96. The van der Waals surface area contributed by atoms with Crippen molar-refractivity contribution in [2.75, 3.05) is 5.32 Å². The van der Waals surface area contributed by atoms with Gasteiger partial charge in [0.25, 0.3) is 0 Å². The standard InChI is InChI=1S/C9H14N2OS2/c1-6(2)13-4-8-5-14-9(11-8)10-7(3)12/h5-6H,4H2,1-3H3,(H,10,11,12). The Kier molecular flexibility index (Phi) is 4.41. The number of hydrogen-bond acceptors (Lipinski definition) is 4. The average Bonchev–Trinajstić information content (AvgIpc) is 2.47. The maximum atomic E-state index is 10.7. The molecule has 0 saturated heterocycles. The Morgan fingerprint density at radius 2 is 2.43 bits per heavy atom. The Bertz CT molecular complexity index is 310. The Labute approximate surface area is 92.3 Å². The van der Waals surface area contributed by atoms with Crippen LogP contribution in [0.1, 0.15) is 26.5 Å². The molecule has 78 valence electrons. The largest absolute Gasteiger partial charge is 0.302 e. The molecule has 1 aromatic heterocycles. The van der Waals surface area contributed by atoms with Crippen LogP contribution in [0.3, 0.4) is 0 Å². The van der Waals surface area contributed by atoms with E-state index in [2.05, 4.69) is 24.1 Å². The molecule has 0 aliphatic carbocycles. The van der Waals surface area contributed by atoms with Gasteiger partial charge < -0.3 is 5.32 Å². The minimum atomic E-state index is -0.0672. The molecule has 0 saturated carbocycles. The zero-order chi connectivity index (χ0) is 10.6. The second-order valence-electron chi connectivity index (χ2n) is 3.18. The van der Waals surface area contributed by atoms with Gasteiger partial charge >= 0.3 is 0 Å². The summed E-state index contributed by atoms with van der Waals surface area (Å²) in [4.78, 5) is 15.0. The summed E-state index contributed by atoms with van der Waals surface area (Å²) in [7, 11) is 0. The summed E-state index contributed by atoms with van der Waals surface area (Å²) < 4.78 is 0. The van der Waals surface area contributed by atoms with Gasteiger partial charge in [-0.2, -0.15) is 11.8 Å². The van der Waals surface area contributed by atoms with Crippen LogP contribution in [-0.4, -0.2) is 16.1 Å². The lowest BCUT2D eigenvalue weighted by atomic mass is 10.6. The van der Waals surface area contributed by atoms with Crippen LogP contribution in [0.15, 0.2) is 5.38 Å². The zero-order valence-electron chi connectivity index (χ0n) is 8.53. The lowest BCUT2D eigenvalue weighted by Gasteiger charge is -2.00. The summed E-state index contributed by atoms with van der Waals surface area (Å²) in [5.74, 6) is 0.843. The van der Waals surface area contributed by atoms with Crippen molar-refractivity contribution < 1.29 is 4.79 Å². The highest BCUT2D eigenvalue weighted by molar-refractivity contribution is 7.99. The van der Waals surface area contributed by atoms with E-state index >= 15 is 0 Å². The topological polar surface area (TPSA) is 42.0 Å². The molecule has 0 atom stereocenters. The molecule has 1 N–H and O–H groups in total. The lowest BCUT2D eigenvalue weighted by Crippen LogP contribution is -2.05. The summed E-state index contributed by atoms with van der Waals surface area (Å²) in [6.07, 6.45) is 0. The van der Waals surface area contributed by atoms with Crippen molar-refractivity contribution in [3.8, 4) is 0 Å². The van der Waals surface area contributed by atoms with Crippen molar-refractivity contribution >= 4 is 34.1 Å². The van der Waals surface area contributed by atoms with E-state index in [0.29, 0.717) is 10.4 Å². The molecule has 5 heteroatoms. The predicted molar refractivity (Wildman–Crippen MR) is 62.8 cm³/mol. The Hall–Kier alpha value is -0.550. The molecule has 1 rings (SSSR count). The van der Waals surface area contributed by atoms with E-state index in [9.17, 15) is 4.79 Å². The van der Waals surface area contributed by atoms with Gasteiger partial charge in [-0.1, -0.05) is 13.8 Å². The van der Waals surface area contributed by atoms with Gasteiger partial charge in [-0.3, -0.25) is 4.79 Å². The predicted octanol–water partition coefficient (Wildman–Crippen LogP) is 2.74. The summed E-state index contributed by atoms with van der Waals surface area (Å²) in [5.41, 5.74) is 1.04. The summed E-state index contributed by atoms with van der Waals surface area (Å²) in [6.45, 7) is 5.81. The fourth-order valence-corrected chi connectivity index (χ4v) is 2.35. The Morgan fingerprint density at radius 1 is 1.71 bits per heavy atom. The first-order valence-corrected chi connectivity index (χ1v) is 6.34. The number of amides is 1. The van der Waals surface area contributed by atoms with Gasteiger partial charge in [-0.05, 0) is 5.25 Å². The van der Waals surface area contributed by atoms with Crippen molar-refractivity contribution in [3.63, 3.8) is 0 Å². The number of carbonyl (C=O) groups is 1. The third-order valence-corrected chi connectivity index (χ3v) is 3.33. The number of rotatable bonds is 4. The second-order valence-corrected chi connectivity index (χ2v) is 5.61. The third-order valence-electron chi connectivity index (χ3n) is 1.40. The second kappa shape index (κ2) is 5.36. The monoisotopic (exact) mass is 230 g/mol. The van der Waals surface area contributed by atoms with Gasteiger partial charge in [-0.25, -0.2) is 4.98 Å². The fourth-order valence-electron chi connectivity index (χ4n) is 0.833. The molecule has 0 aliphatic rings. The molecule has 0 radical (unpaired) electrons. The van der Waals surface area contributed by atoms with E-state index in [0.717, 1.165) is 11.4 Å². The Balaban J connectivity index is 2.46. The van der Waals surface area contributed by atoms with Gasteiger partial charge in [0.1, 0.15) is 0 Å². The molecule has 1 amide bonds. The first-order chi connectivity index (χ1) is 6.58. The van der Waals surface area contributed by atoms with Crippen LogP contribution < -0.4 is 5.32 Å². The van der Waals surface area contributed by atoms with E-state index in [1.807, 2.05) is 17.1 Å². The van der Waals surface area contributed by atoms with E-state index in [-0.39, 0.29) is 5.91 Å². The number of aromatic nitrogens is 1. The number of anilines is 1. The quantitative estimate of drug-likeness (QED) is 0.864. The first kappa shape index (κ1) is 11.5. The van der Waals surface area contributed by atoms with Crippen LogP contribution >= 0.6 is 23.1 Å². The molecule has 0 aliphatic heterocycles. The normalized spacial score (nSPS) is 10.6. The van der Waals surface area contributed by atoms with Crippen LogP contribution in [-0.2, 0) is 10.5 Å². The molecule has 3 nitrogen and oxygen atoms in total. The van der Waals surface area contributed by atoms with E-state index < -0.39 is 0 Å². The molecular weight excluding hydrogens is 216 g/mol. The SMILES string of the molecule is CC(=O)Nc1nc(CSC(C)C)cs1. The number of nitrogens with one attached hydrogen (secondary N) is 1. The minimum absolute atomic E-state index is 0.0672. The summed E-state index contributed by atoms with van der Waals surface area (Å²) in [6, 6.07) is 0. The van der Waals surface area contributed by atoms with E-state index in [1.165, 1.54) is 18.3 Å². The summed E-state index contributed by atoms with van der Waals surface area (Å²) >= 11 is 3.32. The number of thiazole rings is 1. The van der Waals surface area contributed by atoms with Crippen LogP contribution in [0, 0.1) is 0 Å². The van der Waals surface area contributed by atoms with Gasteiger partial charge in [0.15, 0.2) is 5.13 Å². The van der Waals surface area contributed by atoms with Crippen molar-refractivity contribution in [3.05, 3.63) is 11.1 Å². The Morgan fingerprint density at radius 3 is 3.00 bits per heavy atom. The highest BCUT2D eigenvalue weighted by atomic mass is 32.2. The smallest absolute Gasteiger partial charge is 0.223 e. The molecule has 0 spiro atoms. The number of hydrogen-bond donors (Lipinski definition) is 1. The maximum absolute atomic E-state index is 10.7. The maximum Gasteiger partial charge on any atom is 0.223 e. The highest BCUT2D eigenvalue weighted by Gasteiger charge is 2.04. The van der Waals surface area contributed by atoms with Crippen LogP contribution in [0.25, 0.3) is 0 Å². The van der Waals surface area contributed by atoms with Crippen LogP contribution in [0.2, 0.25) is 0 Å². The molecule has 0 aromatic carbocycles. The molecule has 0 unspecified atom stereocenters. The number of thioether (sulfide) groups is 1. The van der Waals surface area contributed by atoms with Gasteiger partial charge in [0.05, 0.1) is 5.69 Å². The third kappa shape index (κ3) is 4.11. The van der Waals surface area contributed by atoms with Gasteiger partial charge in [0, 0.05) is 18.1 Å². The van der Waals surface area contributed by atoms with Gasteiger partial charge in [0.2, 0.25) is 5.91 Å². The van der Waals surface area contributed by atoms with Crippen molar-refractivity contribution in [2.45, 2.75) is 31.8 Å². The average molecular weight is 230 g/mol. The molecule has 1 heterocycles. The van der Waals surface area contributed by atoms with Crippen molar-refractivity contribution in [1.29, 1.82) is 0 Å². The lowest BCUT2D eigenvalue weighted by molar-refractivity contribution is -0.114. The molecule has 1 aromatic rings. The molecule has 14 heavy (non-hydrogen) atoms. The molecule has 0 fully saturated rings. The number of carbonyl (C=O) groups excluding carboxylic acids is 1. The zero-order valence-corrected chi connectivity index (χ0v) is 10.2. The minimum Gasteiger partial charge on any atom is -0.302 e. The number of nitrogens with zero attached hydrogens (tertiary/aromatic N) is 1. The van der Waals surface area contributed by atoms with Gasteiger partial charge in [-0.15, -0.1) is 11.3 Å². The highest BCUT2D eigenvalue weighted by Crippen LogP contribution is 2.21. The fraction of sp³-hybridized carbons (Fsp3) is 0.556. The van der Waals surface area contributed by atoms with Crippen molar-refractivity contribution in [1.82, 2.24) is 4.98 Å².